The molecule has 0 aromatic heterocycles. The largest absolute Gasteiger partial charge is 0.417 e. The summed E-state index contributed by atoms with van der Waals surface area (Å²) >= 11 is 5.57. The Morgan fingerprint density at radius 2 is 1.82 bits per heavy atom. The lowest BCUT2D eigenvalue weighted by atomic mass is 9.93. The Balaban J connectivity index is 0.00000211. The van der Waals surface area contributed by atoms with E-state index in [4.69, 9.17) is 11.6 Å². The molecule has 0 fully saturated rings. The number of hydrogen-bond acceptors (Lipinski definition) is 2. The highest BCUT2D eigenvalue weighted by atomic mass is 35.5. The van der Waals surface area contributed by atoms with Gasteiger partial charge in [0.1, 0.15) is 5.78 Å². The van der Waals surface area contributed by atoms with E-state index in [0.29, 0.717) is 12.1 Å². The van der Waals surface area contributed by atoms with Crippen LogP contribution in [0.5, 0.6) is 0 Å². The van der Waals surface area contributed by atoms with Crippen LogP contribution in [0.15, 0.2) is 18.2 Å². The summed E-state index contributed by atoms with van der Waals surface area (Å²) in [6.07, 6.45) is -4.53. The quantitative estimate of drug-likeness (QED) is 0.814. The first-order valence-electron chi connectivity index (χ1n) is 7.23. The highest BCUT2D eigenvalue weighted by Crippen LogP contribution is 2.36. The average Bonchev–Trinajstić information content (AvgIpc) is 2.41. The molecule has 0 radical (unpaired) electrons. The predicted molar refractivity (Wildman–Crippen MR) is 84.4 cm³/mol. The number of Topliss-reactive ketones (excluding diaryl/α,β-unsaturated/α-hetero) is 1. The molecule has 0 aliphatic carbocycles. The standard InChI is InChI=1S/C14H17ClF3NO.C2H6/c1-8(2)19-7-11(9(3)20)10-4-5-13(15)12(6-10)14(16,17)18;1-2/h4-6,8,11,19H,7H2,1-3H3;1-2H3. The maximum atomic E-state index is 12.8. The van der Waals surface area contributed by atoms with E-state index in [2.05, 4.69) is 5.32 Å². The van der Waals surface area contributed by atoms with E-state index >= 15 is 0 Å². The Bertz CT molecular complexity index is 487. The third-order valence-corrected chi connectivity index (χ3v) is 3.25. The van der Waals surface area contributed by atoms with Gasteiger partial charge in [0.15, 0.2) is 0 Å². The van der Waals surface area contributed by atoms with E-state index in [9.17, 15) is 18.0 Å². The average molecular weight is 338 g/mol. The summed E-state index contributed by atoms with van der Waals surface area (Å²) in [7, 11) is 0. The molecule has 22 heavy (non-hydrogen) atoms. The molecule has 0 aliphatic heterocycles. The van der Waals surface area contributed by atoms with Crippen LogP contribution >= 0.6 is 11.6 Å². The number of carbonyl (C=O) groups excluding carboxylic acids is 1. The molecule has 0 amide bonds. The Hall–Kier alpha value is -1.07. The summed E-state index contributed by atoms with van der Waals surface area (Å²) < 4.78 is 38.5. The molecule has 0 saturated heterocycles. The normalized spacial score (nSPS) is 12.6. The Labute approximate surface area is 135 Å². The van der Waals surface area contributed by atoms with Gasteiger partial charge in [-0.05, 0) is 24.6 Å². The van der Waals surface area contributed by atoms with E-state index in [0.717, 1.165) is 6.07 Å². The molecule has 1 aromatic rings. The van der Waals surface area contributed by atoms with Crippen molar-refractivity contribution in [1.29, 1.82) is 0 Å². The van der Waals surface area contributed by atoms with Crippen LogP contribution in [0, 0.1) is 0 Å². The van der Waals surface area contributed by atoms with E-state index in [-0.39, 0.29) is 16.8 Å². The lowest BCUT2D eigenvalue weighted by Gasteiger charge is -2.19. The highest BCUT2D eigenvalue weighted by molar-refractivity contribution is 6.31. The summed E-state index contributed by atoms with van der Waals surface area (Å²) in [6.45, 7) is 9.47. The van der Waals surface area contributed by atoms with Gasteiger partial charge in [-0.15, -0.1) is 0 Å². The second-order valence-corrected chi connectivity index (χ2v) is 5.37. The van der Waals surface area contributed by atoms with Crippen LogP contribution in [0.2, 0.25) is 5.02 Å². The van der Waals surface area contributed by atoms with Crippen LogP contribution in [-0.4, -0.2) is 18.4 Å². The maximum absolute atomic E-state index is 12.8. The number of hydrogen-bond donors (Lipinski definition) is 1. The minimum absolute atomic E-state index is 0.145. The summed E-state index contributed by atoms with van der Waals surface area (Å²) in [6, 6.07) is 3.75. The third kappa shape index (κ3) is 6.36. The SMILES string of the molecule is CC.CC(=O)C(CNC(C)C)c1ccc(Cl)c(C(F)(F)F)c1. The van der Waals surface area contributed by atoms with Crippen molar-refractivity contribution in [3.05, 3.63) is 34.3 Å². The number of carbonyl (C=O) groups is 1. The van der Waals surface area contributed by atoms with Crippen molar-refractivity contribution in [2.75, 3.05) is 6.54 Å². The molecule has 0 heterocycles. The Kier molecular flexibility index (Phi) is 8.71. The topological polar surface area (TPSA) is 29.1 Å². The summed E-state index contributed by atoms with van der Waals surface area (Å²) in [4.78, 5) is 11.6. The van der Waals surface area contributed by atoms with Crippen molar-refractivity contribution in [1.82, 2.24) is 5.32 Å². The first-order valence-corrected chi connectivity index (χ1v) is 7.61. The zero-order valence-corrected chi connectivity index (χ0v) is 14.3. The summed E-state index contributed by atoms with van der Waals surface area (Å²) in [5.41, 5.74) is -0.588. The van der Waals surface area contributed by atoms with Gasteiger partial charge in [0.2, 0.25) is 0 Å². The zero-order chi connectivity index (χ0) is 17.5. The number of alkyl halides is 3. The molecule has 2 nitrogen and oxygen atoms in total. The minimum atomic E-state index is -4.53. The van der Waals surface area contributed by atoms with Crippen LogP contribution in [0.1, 0.15) is 51.7 Å². The van der Waals surface area contributed by atoms with Crippen molar-refractivity contribution in [3.63, 3.8) is 0 Å². The van der Waals surface area contributed by atoms with Gasteiger partial charge < -0.3 is 5.32 Å². The Morgan fingerprint density at radius 3 is 2.23 bits per heavy atom. The molecular formula is C16H23ClF3NO. The molecule has 6 heteroatoms. The fourth-order valence-corrected chi connectivity index (χ4v) is 2.05. The van der Waals surface area contributed by atoms with Gasteiger partial charge in [-0.1, -0.05) is 45.4 Å². The zero-order valence-electron chi connectivity index (χ0n) is 13.5. The molecule has 0 aliphatic rings. The minimum Gasteiger partial charge on any atom is -0.313 e. The third-order valence-electron chi connectivity index (χ3n) is 2.92. The first kappa shape index (κ1) is 20.9. The van der Waals surface area contributed by atoms with Gasteiger partial charge >= 0.3 is 6.18 Å². The lowest BCUT2D eigenvalue weighted by molar-refractivity contribution is -0.137. The molecule has 0 bridgehead atoms. The fraction of sp³-hybridized carbons (Fsp3) is 0.562. The number of rotatable bonds is 5. The van der Waals surface area contributed by atoms with Crippen LogP contribution in [-0.2, 0) is 11.0 Å². The maximum Gasteiger partial charge on any atom is 0.417 e. The van der Waals surface area contributed by atoms with Crippen molar-refractivity contribution >= 4 is 17.4 Å². The van der Waals surface area contributed by atoms with E-state index in [1.165, 1.54) is 19.1 Å². The Morgan fingerprint density at radius 1 is 1.27 bits per heavy atom. The van der Waals surface area contributed by atoms with E-state index in [1.807, 2.05) is 27.7 Å². The highest BCUT2D eigenvalue weighted by Gasteiger charge is 2.34. The molecule has 1 atom stereocenters. The molecule has 126 valence electrons. The smallest absolute Gasteiger partial charge is 0.313 e. The van der Waals surface area contributed by atoms with Gasteiger partial charge in [0.25, 0.3) is 0 Å². The van der Waals surface area contributed by atoms with Crippen molar-refractivity contribution in [2.45, 2.75) is 52.8 Å². The van der Waals surface area contributed by atoms with E-state index in [1.54, 1.807) is 0 Å². The van der Waals surface area contributed by atoms with Crippen molar-refractivity contribution in [2.24, 2.45) is 0 Å². The second-order valence-electron chi connectivity index (χ2n) is 4.96. The van der Waals surface area contributed by atoms with Crippen LogP contribution < -0.4 is 5.32 Å². The number of halogens is 4. The second kappa shape index (κ2) is 9.16. The summed E-state index contributed by atoms with van der Waals surface area (Å²) in [5, 5.41) is 2.70. The first-order chi connectivity index (χ1) is 10.1. The number of nitrogens with one attached hydrogen (secondary N) is 1. The molecule has 1 N–H and O–H groups in total. The summed E-state index contributed by atoms with van der Waals surface area (Å²) in [5.74, 6) is -0.802. The van der Waals surface area contributed by atoms with Gasteiger partial charge in [-0.3, -0.25) is 4.79 Å². The molecule has 0 spiro atoms. The monoisotopic (exact) mass is 337 g/mol. The molecule has 1 unspecified atom stereocenters. The van der Waals surface area contributed by atoms with Crippen LogP contribution in [0.4, 0.5) is 13.2 Å². The lowest BCUT2D eigenvalue weighted by Crippen LogP contribution is -2.31. The van der Waals surface area contributed by atoms with Gasteiger partial charge in [-0.2, -0.15) is 13.2 Å². The van der Waals surface area contributed by atoms with Crippen LogP contribution in [0.25, 0.3) is 0 Å². The fourth-order valence-electron chi connectivity index (χ4n) is 1.83. The predicted octanol–water partition coefficient (Wildman–Crippen LogP) is 5.06. The van der Waals surface area contributed by atoms with E-state index < -0.39 is 17.7 Å². The molecule has 1 aromatic carbocycles. The van der Waals surface area contributed by atoms with Gasteiger partial charge in [0.05, 0.1) is 16.5 Å². The van der Waals surface area contributed by atoms with Gasteiger partial charge in [0, 0.05) is 12.6 Å². The molecule has 0 saturated carbocycles. The van der Waals surface area contributed by atoms with Crippen molar-refractivity contribution in [3.8, 4) is 0 Å². The molecule has 1 rings (SSSR count). The van der Waals surface area contributed by atoms with Crippen LogP contribution in [0.3, 0.4) is 0 Å². The molecular weight excluding hydrogens is 315 g/mol. The number of benzene rings is 1. The van der Waals surface area contributed by atoms with Crippen molar-refractivity contribution < 1.29 is 18.0 Å². The number of ketones is 1. The van der Waals surface area contributed by atoms with Gasteiger partial charge in [-0.25, -0.2) is 0 Å².